The van der Waals surface area contributed by atoms with E-state index in [0.29, 0.717) is 37.0 Å². The first-order chi connectivity index (χ1) is 12.0. The van der Waals surface area contributed by atoms with Crippen molar-refractivity contribution in [3.63, 3.8) is 0 Å². The highest BCUT2D eigenvalue weighted by Gasteiger charge is 2.28. The number of rotatable bonds is 4. The minimum Gasteiger partial charge on any atom is -0.462 e. The zero-order valence-corrected chi connectivity index (χ0v) is 15.0. The summed E-state index contributed by atoms with van der Waals surface area (Å²) in [6.07, 6.45) is 5.18. The monoisotopic (exact) mass is 345 g/mol. The molecule has 0 N–H and O–H groups in total. The topological polar surface area (TPSA) is 82.4 Å². The van der Waals surface area contributed by atoms with Gasteiger partial charge in [-0.15, -0.1) is 0 Å². The van der Waals surface area contributed by atoms with Crippen molar-refractivity contribution in [2.75, 3.05) is 24.6 Å². The molecule has 1 saturated heterocycles. The third-order valence-corrected chi connectivity index (χ3v) is 3.89. The standard InChI is InChI=1S/C17H23N5O3/c1-5-24-16(23)14-7-18-17(22-8-11(2)6-19-22)20-15(14)21-9-12(3)25-13(4)10-21/h6-8,12-13H,5,9-10H2,1-4H3/t12-,13-/m1/s1. The van der Waals surface area contributed by atoms with Gasteiger partial charge in [0, 0.05) is 25.5 Å². The van der Waals surface area contributed by atoms with Crippen LogP contribution in [0.5, 0.6) is 0 Å². The Morgan fingerprint density at radius 1 is 1.32 bits per heavy atom. The maximum Gasteiger partial charge on any atom is 0.343 e. The third-order valence-electron chi connectivity index (χ3n) is 3.89. The van der Waals surface area contributed by atoms with E-state index in [2.05, 4.69) is 15.1 Å². The molecule has 3 rings (SSSR count). The second-order valence-corrected chi connectivity index (χ2v) is 6.25. The Morgan fingerprint density at radius 2 is 2.04 bits per heavy atom. The van der Waals surface area contributed by atoms with Crippen LogP contribution in [0.15, 0.2) is 18.6 Å². The molecule has 0 unspecified atom stereocenters. The van der Waals surface area contributed by atoms with Gasteiger partial charge in [0.2, 0.25) is 0 Å². The number of ether oxygens (including phenoxy) is 2. The molecule has 3 heterocycles. The van der Waals surface area contributed by atoms with E-state index in [1.807, 2.05) is 31.9 Å². The van der Waals surface area contributed by atoms with Crippen LogP contribution >= 0.6 is 0 Å². The van der Waals surface area contributed by atoms with Gasteiger partial charge in [-0.25, -0.2) is 14.5 Å². The molecule has 134 valence electrons. The molecular formula is C17H23N5O3. The highest BCUT2D eigenvalue weighted by Crippen LogP contribution is 2.24. The van der Waals surface area contributed by atoms with Crippen LogP contribution in [0.25, 0.3) is 5.95 Å². The zero-order valence-electron chi connectivity index (χ0n) is 15.0. The quantitative estimate of drug-likeness (QED) is 0.781. The normalized spacial score (nSPS) is 20.6. The van der Waals surface area contributed by atoms with E-state index in [1.54, 1.807) is 17.8 Å². The first-order valence-electron chi connectivity index (χ1n) is 8.44. The number of aromatic nitrogens is 4. The van der Waals surface area contributed by atoms with Gasteiger partial charge >= 0.3 is 5.97 Å². The Balaban J connectivity index is 2.02. The predicted octanol–water partition coefficient (Wildman–Crippen LogP) is 1.76. The molecule has 0 radical (unpaired) electrons. The van der Waals surface area contributed by atoms with Gasteiger partial charge in [0.15, 0.2) is 0 Å². The highest BCUT2D eigenvalue weighted by atomic mass is 16.5. The second kappa shape index (κ2) is 7.18. The van der Waals surface area contributed by atoms with Crippen LogP contribution < -0.4 is 4.90 Å². The van der Waals surface area contributed by atoms with Gasteiger partial charge in [-0.05, 0) is 33.3 Å². The van der Waals surface area contributed by atoms with Crippen LogP contribution in [0.1, 0.15) is 36.7 Å². The minimum atomic E-state index is -0.424. The van der Waals surface area contributed by atoms with Gasteiger partial charge in [0.05, 0.1) is 25.0 Å². The maximum atomic E-state index is 12.3. The van der Waals surface area contributed by atoms with Crippen LogP contribution in [0.4, 0.5) is 5.82 Å². The van der Waals surface area contributed by atoms with E-state index in [9.17, 15) is 4.79 Å². The Hall–Kier alpha value is -2.48. The number of carbonyl (C=O) groups excluding carboxylic acids is 1. The van der Waals surface area contributed by atoms with Crippen molar-refractivity contribution in [1.82, 2.24) is 19.7 Å². The van der Waals surface area contributed by atoms with E-state index in [0.717, 1.165) is 5.56 Å². The lowest BCUT2D eigenvalue weighted by Crippen LogP contribution is -2.46. The summed E-state index contributed by atoms with van der Waals surface area (Å²) in [5.74, 6) is 0.550. The Bertz CT molecular complexity index is 750. The van der Waals surface area contributed by atoms with E-state index in [-0.39, 0.29) is 12.2 Å². The van der Waals surface area contributed by atoms with E-state index < -0.39 is 5.97 Å². The van der Waals surface area contributed by atoms with Crippen LogP contribution in [-0.2, 0) is 9.47 Å². The lowest BCUT2D eigenvalue weighted by atomic mass is 10.2. The first kappa shape index (κ1) is 17.3. The van der Waals surface area contributed by atoms with Crippen LogP contribution in [0.2, 0.25) is 0 Å². The summed E-state index contributed by atoms with van der Waals surface area (Å²) in [5, 5.41) is 4.25. The molecule has 0 saturated carbocycles. The molecule has 2 aromatic rings. The Labute approximate surface area is 146 Å². The van der Waals surface area contributed by atoms with Gasteiger partial charge in [-0.3, -0.25) is 0 Å². The van der Waals surface area contributed by atoms with Crippen molar-refractivity contribution in [3.05, 3.63) is 29.7 Å². The SMILES string of the molecule is CCOC(=O)c1cnc(-n2cc(C)cn2)nc1N1C[C@@H](C)O[C@H](C)C1. The second-order valence-electron chi connectivity index (χ2n) is 6.25. The van der Waals surface area contributed by atoms with Gasteiger partial charge in [0.25, 0.3) is 5.95 Å². The van der Waals surface area contributed by atoms with E-state index in [1.165, 1.54) is 6.20 Å². The molecule has 0 aromatic carbocycles. The lowest BCUT2D eigenvalue weighted by Gasteiger charge is -2.36. The number of hydrogen-bond donors (Lipinski definition) is 0. The molecule has 0 spiro atoms. The number of carbonyl (C=O) groups is 1. The first-order valence-corrected chi connectivity index (χ1v) is 8.44. The van der Waals surface area contributed by atoms with E-state index >= 15 is 0 Å². The molecule has 0 aliphatic carbocycles. The average Bonchev–Trinajstić information content (AvgIpc) is 3.00. The molecule has 8 nitrogen and oxygen atoms in total. The molecule has 1 aliphatic heterocycles. The molecule has 25 heavy (non-hydrogen) atoms. The third kappa shape index (κ3) is 3.79. The maximum absolute atomic E-state index is 12.3. The summed E-state index contributed by atoms with van der Waals surface area (Å²) < 4.78 is 12.5. The number of hydrogen-bond acceptors (Lipinski definition) is 7. The molecule has 0 amide bonds. The van der Waals surface area contributed by atoms with Crippen molar-refractivity contribution in [2.24, 2.45) is 0 Å². The van der Waals surface area contributed by atoms with Crippen LogP contribution in [0.3, 0.4) is 0 Å². The van der Waals surface area contributed by atoms with Crippen molar-refractivity contribution < 1.29 is 14.3 Å². The highest BCUT2D eigenvalue weighted by molar-refractivity contribution is 5.94. The summed E-state index contributed by atoms with van der Waals surface area (Å²) in [7, 11) is 0. The number of nitrogens with zero attached hydrogens (tertiary/aromatic N) is 5. The predicted molar refractivity (Wildman–Crippen MR) is 92.1 cm³/mol. The van der Waals surface area contributed by atoms with Crippen molar-refractivity contribution in [2.45, 2.75) is 39.9 Å². The van der Waals surface area contributed by atoms with Gasteiger partial charge in [-0.2, -0.15) is 10.1 Å². The molecule has 0 bridgehead atoms. The molecule has 1 fully saturated rings. The molecule has 2 atom stereocenters. The number of esters is 1. The summed E-state index contributed by atoms with van der Waals surface area (Å²) in [6, 6.07) is 0. The Kier molecular flexibility index (Phi) is 4.98. The lowest BCUT2D eigenvalue weighted by molar-refractivity contribution is -0.00561. The smallest absolute Gasteiger partial charge is 0.343 e. The van der Waals surface area contributed by atoms with Crippen LogP contribution in [-0.4, -0.2) is 57.6 Å². The molecule has 8 heteroatoms. The minimum absolute atomic E-state index is 0.0455. The van der Waals surface area contributed by atoms with Gasteiger partial charge in [-0.1, -0.05) is 0 Å². The summed E-state index contributed by atoms with van der Waals surface area (Å²) >= 11 is 0. The largest absolute Gasteiger partial charge is 0.462 e. The van der Waals surface area contributed by atoms with Gasteiger partial charge in [0.1, 0.15) is 11.4 Å². The fourth-order valence-electron chi connectivity index (χ4n) is 2.94. The zero-order chi connectivity index (χ0) is 18.0. The fourth-order valence-corrected chi connectivity index (χ4v) is 2.94. The van der Waals surface area contributed by atoms with Crippen LogP contribution in [0, 0.1) is 6.92 Å². The Morgan fingerprint density at radius 3 is 2.64 bits per heavy atom. The van der Waals surface area contributed by atoms with E-state index in [4.69, 9.17) is 9.47 Å². The van der Waals surface area contributed by atoms with Gasteiger partial charge < -0.3 is 14.4 Å². The van der Waals surface area contributed by atoms with Crippen molar-refractivity contribution >= 4 is 11.8 Å². The average molecular weight is 345 g/mol. The molecule has 2 aromatic heterocycles. The molecule has 1 aliphatic rings. The fraction of sp³-hybridized carbons (Fsp3) is 0.529. The number of anilines is 1. The number of aryl methyl sites for hydroxylation is 1. The summed E-state index contributed by atoms with van der Waals surface area (Å²) in [6.45, 7) is 9.32. The van der Waals surface area contributed by atoms with Crippen molar-refractivity contribution in [1.29, 1.82) is 0 Å². The summed E-state index contributed by atoms with van der Waals surface area (Å²) in [4.78, 5) is 23.3. The number of morpholine rings is 1. The summed E-state index contributed by atoms with van der Waals surface area (Å²) in [5.41, 5.74) is 1.36. The van der Waals surface area contributed by atoms with Crippen molar-refractivity contribution in [3.8, 4) is 5.95 Å². The molecular weight excluding hydrogens is 322 g/mol.